The number of amides is 2. The summed E-state index contributed by atoms with van der Waals surface area (Å²) in [5.74, 6) is 0.173. The summed E-state index contributed by atoms with van der Waals surface area (Å²) in [6, 6.07) is 5.70. The second-order valence-corrected chi connectivity index (χ2v) is 7.47. The first-order valence-electron chi connectivity index (χ1n) is 7.65. The highest BCUT2D eigenvalue weighted by Gasteiger charge is 2.43. The highest BCUT2D eigenvalue weighted by Crippen LogP contribution is 2.26. The molecule has 130 valence electrons. The summed E-state index contributed by atoms with van der Waals surface area (Å²) in [7, 11) is -3.68. The molecule has 0 aliphatic carbocycles. The molecule has 2 aliphatic heterocycles. The van der Waals surface area contributed by atoms with Crippen LogP contribution < -0.4 is 4.74 Å². The second kappa shape index (κ2) is 6.40. The van der Waals surface area contributed by atoms with Crippen LogP contribution in [0.15, 0.2) is 29.2 Å². The molecular weight excluding hydrogens is 336 g/mol. The van der Waals surface area contributed by atoms with Gasteiger partial charge in [-0.1, -0.05) is 0 Å². The van der Waals surface area contributed by atoms with Crippen LogP contribution in [0.1, 0.15) is 13.3 Å². The molecule has 1 atom stereocenters. The zero-order valence-electron chi connectivity index (χ0n) is 13.2. The minimum Gasteiger partial charge on any atom is -0.494 e. The van der Waals surface area contributed by atoms with Crippen molar-refractivity contribution in [3.05, 3.63) is 24.3 Å². The van der Waals surface area contributed by atoms with Crippen molar-refractivity contribution in [1.29, 1.82) is 0 Å². The van der Waals surface area contributed by atoms with E-state index >= 15 is 0 Å². The highest BCUT2D eigenvalue weighted by molar-refractivity contribution is 7.89. The van der Waals surface area contributed by atoms with E-state index in [2.05, 4.69) is 4.74 Å². The van der Waals surface area contributed by atoms with Crippen molar-refractivity contribution >= 4 is 22.0 Å². The Morgan fingerprint density at radius 1 is 1.25 bits per heavy atom. The number of benzene rings is 1. The average Bonchev–Trinajstić information content (AvgIpc) is 3.15. The van der Waals surface area contributed by atoms with Crippen LogP contribution in [0, 0.1) is 0 Å². The van der Waals surface area contributed by atoms with Gasteiger partial charge in [-0.3, -0.25) is 4.79 Å². The summed E-state index contributed by atoms with van der Waals surface area (Å²) in [5.41, 5.74) is 0. The fourth-order valence-electron chi connectivity index (χ4n) is 2.88. The zero-order chi connectivity index (χ0) is 17.3. The smallest absolute Gasteiger partial charge is 0.417 e. The molecule has 1 aromatic rings. The van der Waals surface area contributed by atoms with Crippen LogP contribution in [0.25, 0.3) is 0 Å². The molecule has 2 amide bonds. The molecule has 0 saturated carbocycles. The number of sulfonamides is 1. The number of hydrogen-bond acceptors (Lipinski definition) is 6. The average molecular weight is 354 g/mol. The van der Waals surface area contributed by atoms with Crippen molar-refractivity contribution in [1.82, 2.24) is 9.21 Å². The van der Waals surface area contributed by atoms with Crippen molar-refractivity contribution in [2.24, 2.45) is 0 Å². The normalized spacial score (nSPS) is 22.0. The van der Waals surface area contributed by atoms with Gasteiger partial charge in [0.15, 0.2) is 6.61 Å². The van der Waals surface area contributed by atoms with Gasteiger partial charge in [0.05, 0.1) is 17.5 Å². The van der Waals surface area contributed by atoms with Crippen LogP contribution in [-0.2, 0) is 19.6 Å². The number of ether oxygens (including phenoxy) is 2. The monoisotopic (exact) mass is 354 g/mol. The quantitative estimate of drug-likeness (QED) is 0.777. The number of carbonyl (C=O) groups is 2. The van der Waals surface area contributed by atoms with E-state index in [0.717, 1.165) is 4.90 Å². The van der Waals surface area contributed by atoms with Gasteiger partial charge in [-0.15, -0.1) is 0 Å². The molecular formula is C15H18N2O6S. The number of hydrogen-bond donors (Lipinski definition) is 0. The lowest BCUT2D eigenvalue weighted by molar-refractivity contribution is -0.127. The lowest BCUT2D eigenvalue weighted by atomic mass is 10.2. The first-order chi connectivity index (χ1) is 11.4. The van der Waals surface area contributed by atoms with Gasteiger partial charge in [0.25, 0.3) is 5.91 Å². The predicted molar refractivity (Wildman–Crippen MR) is 83.0 cm³/mol. The molecule has 24 heavy (non-hydrogen) atoms. The molecule has 3 rings (SSSR count). The van der Waals surface area contributed by atoms with Crippen LogP contribution in [0.4, 0.5) is 4.79 Å². The maximum absolute atomic E-state index is 12.7. The fraction of sp³-hybridized carbons (Fsp3) is 0.467. The Hall–Kier alpha value is -2.13. The van der Waals surface area contributed by atoms with Gasteiger partial charge in [0.1, 0.15) is 5.75 Å². The molecule has 2 heterocycles. The van der Waals surface area contributed by atoms with E-state index < -0.39 is 28.1 Å². The van der Waals surface area contributed by atoms with Crippen LogP contribution in [0.3, 0.4) is 0 Å². The maximum Gasteiger partial charge on any atom is 0.417 e. The third kappa shape index (κ3) is 2.96. The van der Waals surface area contributed by atoms with E-state index in [1.165, 1.54) is 16.4 Å². The minimum absolute atomic E-state index is 0.0797. The van der Waals surface area contributed by atoms with Crippen LogP contribution in [-0.4, -0.2) is 62.0 Å². The molecule has 2 saturated heterocycles. The number of carbonyl (C=O) groups excluding carboxylic acids is 2. The first kappa shape index (κ1) is 16.7. The van der Waals surface area contributed by atoms with Crippen molar-refractivity contribution in [3.63, 3.8) is 0 Å². The zero-order valence-corrected chi connectivity index (χ0v) is 14.0. The molecule has 0 radical (unpaired) electrons. The van der Waals surface area contributed by atoms with Crippen molar-refractivity contribution in [2.75, 3.05) is 26.3 Å². The Bertz CT molecular complexity index is 730. The Labute approximate surface area is 140 Å². The predicted octanol–water partition coefficient (Wildman–Crippen LogP) is 0.827. The topological polar surface area (TPSA) is 93.2 Å². The SMILES string of the molecule is CCOc1ccc(S(=O)(=O)N2CCC(N3C(=O)COC3=O)C2)cc1. The largest absolute Gasteiger partial charge is 0.494 e. The van der Waals surface area contributed by atoms with E-state index in [9.17, 15) is 18.0 Å². The van der Waals surface area contributed by atoms with E-state index in [0.29, 0.717) is 18.8 Å². The minimum atomic E-state index is -3.68. The molecule has 2 fully saturated rings. The van der Waals surface area contributed by atoms with Gasteiger partial charge >= 0.3 is 6.09 Å². The summed E-state index contributed by atoms with van der Waals surface area (Å²) in [6.45, 7) is 2.40. The third-order valence-electron chi connectivity index (χ3n) is 4.05. The van der Waals surface area contributed by atoms with Gasteiger partial charge in [-0.2, -0.15) is 4.31 Å². The first-order valence-corrected chi connectivity index (χ1v) is 9.09. The van der Waals surface area contributed by atoms with Gasteiger partial charge in [-0.05, 0) is 37.6 Å². The molecule has 2 aliphatic rings. The van der Waals surface area contributed by atoms with Gasteiger partial charge in [0, 0.05) is 13.1 Å². The lowest BCUT2D eigenvalue weighted by Crippen LogP contribution is -2.42. The molecule has 1 aromatic carbocycles. The number of imide groups is 1. The number of cyclic esters (lactones) is 1. The van der Waals surface area contributed by atoms with E-state index in [1.54, 1.807) is 12.1 Å². The molecule has 0 aromatic heterocycles. The molecule has 0 spiro atoms. The van der Waals surface area contributed by atoms with Gasteiger partial charge < -0.3 is 9.47 Å². The Morgan fingerprint density at radius 2 is 1.96 bits per heavy atom. The lowest BCUT2D eigenvalue weighted by Gasteiger charge is -2.20. The van der Waals surface area contributed by atoms with Crippen molar-refractivity contribution < 1.29 is 27.5 Å². The van der Waals surface area contributed by atoms with Gasteiger partial charge in [0.2, 0.25) is 10.0 Å². The summed E-state index contributed by atoms with van der Waals surface area (Å²) < 4.78 is 36.7. The molecule has 0 bridgehead atoms. The molecule has 8 nitrogen and oxygen atoms in total. The van der Waals surface area contributed by atoms with Crippen LogP contribution in [0.5, 0.6) is 5.75 Å². The van der Waals surface area contributed by atoms with Crippen molar-refractivity contribution in [2.45, 2.75) is 24.3 Å². The van der Waals surface area contributed by atoms with Crippen LogP contribution in [0.2, 0.25) is 0 Å². The van der Waals surface area contributed by atoms with E-state index in [-0.39, 0.29) is 24.6 Å². The Morgan fingerprint density at radius 3 is 2.54 bits per heavy atom. The van der Waals surface area contributed by atoms with Gasteiger partial charge in [-0.25, -0.2) is 18.1 Å². The Kier molecular flexibility index (Phi) is 4.46. The fourth-order valence-corrected chi connectivity index (χ4v) is 4.37. The summed E-state index contributed by atoms with van der Waals surface area (Å²) >= 11 is 0. The number of rotatable bonds is 5. The second-order valence-electron chi connectivity index (χ2n) is 5.53. The molecule has 1 unspecified atom stereocenters. The third-order valence-corrected chi connectivity index (χ3v) is 5.93. The Balaban J connectivity index is 1.74. The van der Waals surface area contributed by atoms with E-state index in [1.807, 2.05) is 6.92 Å². The summed E-state index contributed by atoms with van der Waals surface area (Å²) in [6.07, 6.45) is -0.304. The summed E-state index contributed by atoms with van der Waals surface area (Å²) in [5, 5.41) is 0. The summed E-state index contributed by atoms with van der Waals surface area (Å²) in [4.78, 5) is 24.5. The molecule has 0 N–H and O–H groups in total. The van der Waals surface area contributed by atoms with E-state index in [4.69, 9.17) is 4.74 Å². The standard InChI is InChI=1S/C15H18N2O6S/c1-2-22-12-3-5-13(6-4-12)24(20,21)16-8-7-11(9-16)17-14(18)10-23-15(17)19/h3-6,11H,2,7-10H2,1H3. The highest BCUT2D eigenvalue weighted by atomic mass is 32.2. The van der Waals surface area contributed by atoms with Crippen molar-refractivity contribution in [3.8, 4) is 5.75 Å². The number of nitrogens with zero attached hydrogens (tertiary/aromatic N) is 2. The maximum atomic E-state index is 12.7. The molecule has 9 heteroatoms. The van der Waals surface area contributed by atoms with Crippen LogP contribution >= 0.6 is 0 Å².